The van der Waals surface area contributed by atoms with Crippen molar-refractivity contribution in [2.75, 3.05) is 23.7 Å². The zero-order chi connectivity index (χ0) is 23.2. The zero-order valence-corrected chi connectivity index (χ0v) is 20.5. The highest BCUT2D eigenvalue weighted by molar-refractivity contribution is 14.1. The number of likely N-dealkylation sites (N-methyl/N-ethyl adjacent to an activating group) is 1. The van der Waals surface area contributed by atoms with Gasteiger partial charge in [0.25, 0.3) is 0 Å². The Morgan fingerprint density at radius 3 is 2.19 bits per heavy atom. The number of benzene rings is 2. The number of hydrogen-bond acceptors (Lipinski definition) is 4. The highest BCUT2D eigenvalue weighted by Crippen LogP contribution is 2.20. The number of halogens is 2. The van der Waals surface area contributed by atoms with Crippen molar-refractivity contribution in [2.24, 2.45) is 0 Å². The van der Waals surface area contributed by atoms with Crippen LogP contribution in [0.3, 0.4) is 0 Å². The average molecular weight is 561 g/mol. The highest BCUT2D eigenvalue weighted by atomic mass is 127. The molecule has 0 aromatic heterocycles. The lowest BCUT2D eigenvalue weighted by molar-refractivity contribution is -0.139. The second kappa shape index (κ2) is 10.9. The van der Waals surface area contributed by atoms with Gasteiger partial charge in [-0.1, -0.05) is 12.1 Å². The first-order valence-corrected chi connectivity index (χ1v) is 12.5. The van der Waals surface area contributed by atoms with E-state index >= 15 is 0 Å². The topological polar surface area (TPSA) is 86.8 Å². The largest absolute Gasteiger partial charge is 0.355 e. The van der Waals surface area contributed by atoms with Gasteiger partial charge in [-0.05, 0) is 78.4 Å². The Balaban J connectivity index is 2.35. The van der Waals surface area contributed by atoms with E-state index in [-0.39, 0.29) is 12.5 Å². The average Bonchev–Trinajstić information content (AvgIpc) is 2.71. The quantitative estimate of drug-likeness (QED) is 0.478. The third-order valence-electron chi connectivity index (χ3n) is 4.58. The maximum atomic E-state index is 13.3. The minimum absolute atomic E-state index is 0.0295. The normalized spacial score (nSPS) is 12.2. The number of hydrogen-bond donors (Lipinski definition) is 1. The molecular formula is C21H25FIN3O4S. The molecule has 168 valence electrons. The first-order valence-electron chi connectivity index (χ1n) is 9.57. The second-order valence-corrected chi connectivity index (χ2v) is 10.1. The Morgan fingerprint density at radius 1 is 1.10 bits per heavy atom. The van der Waals surface area contributed by atoms with Crippen molar-refractivity contribution in [3.63, 3.8) is 0 Å². The summed E-state index contributed by atoms with van der Waals surface area (Å²) in [5, 5.41) is 2.67. The molecule has 2 aromatic carbocycles. The van der Waals surface area contributed by atoms with Crippen LogP contribution in [0.15, 0.2) is 48.5 Å². The Bertz CT molecular complexity index is 1010. The van der Waals surface area contributed by atoms with Crippen LogP contribution in [0.1, 0.15) is 19.4 Å². The number of carbonyl (C=O) groups is 2. The van der Waals surface area contributed by atoms with E-state index < -0.39 is 34.3 Å². The van der Waals surface area contributed by atoms with Gasteiger partial charge in [0.15, 0.2) is 0 Å². The van der Waals surface area contributed by atoms with E-state index in [4.69, 9.17) is 0 Å². The predicted octanol–water partition coefficient (Wildman–Crippen LogP) is 2.75. The molecule has 0 radical (unpaired) electrons. The lowest BCUT2D eigenvalue weighted by Gasteiger charge is -2.31. The fourth-order valence-electron chi connectivity index (χ4n) is 2.91. The summed E-state index contributed by atoms with van der Waals surface area (Å²) in [6, 6.07) is 11.4. The first kappa shape index (κ1) is 25.1. The first-order chi connectivity index (χ1) is 14.5. The lowest BCUT2D eigenvalue weighted by atomic mass is 10.1. The van der Waals surface area contributed by atoms with Crippen LogP contribution in [0.5, 0.6) is 0 Å². The van der Waals surface area contributed by atoms with E-state index in [1.54, 1.807) is 38.1 Å². The molecule has 10 heteroatoms. The van der Waals surface area contributed by atoms with Crippen LogP contribution in [-0.4, -0.2) is 50.5 Å². The monoisotopic (exact) mass is 561 g/mol. The number of carbonyl (C=O) groups excluding carboxylic acids is 2. The summed E-state index contributed by atoms with van der Waals surface area (Å²) in [6.07, 6.45) is 1.02. The van der Waals surface area contributed by atoms with Gasteiger partial charge >= 0.3 is 0 Å². The van der Waals surface area contributed by atoms with Crippen molar-refractivity contribution in [3.05, 3.63) is 63.5 Å². The molecule has 0 heterocycles. The van der Waals surface area contributed by atoms with Gasteiger partial charge in [-0.25, -0.2) is 12.8 Å². The molecule has 1 N–H and O–H groups in total. The van der Waals surface area contributed by atoms with Crippen LogP contribution in [0, 0.1) is 9.39 Å². The maximum Gasteiger partial charge on any atom is 0.244 e. The van der Waals surface area contributed by atoms with Crippen molar-refractivity contribution >= 4 is 50.1 Å². The van der Waals surface area contributed by atoms with Crippen LogP contribution in [0.4, 0.5) is 10.1 Å². The van der Waals surface area contributed by atoms with Crippen molar-refractivity contribution in [1.82, 2.24) is 10.2 Å². The summed E-state index contributed by atoms with van der Waals surface area (Å²) < 4.78 is 40.0. The third kappa shape index (κ3) is 7.17. The van der Waals surface area contributed by atoms with Gasteiger partial charge < -0.3 is 10.2 Å². The SMILES string of the molecule is CCNC(=O)C(C)N(Cc1ccc(F)cc1)C(=O)CN(c1ccc(I)cc1)S(C)(=O)=O. The smallest absolute Gasteiger partial charge is 0.244 e. The molecule has 2 amide bonds. The summed E-state index contributed by atoms with van der Waals surface area (Å²) in [4.78, 5) is 26.9. The summed E-state index contributed by atoms with van der Waals surface area (Å²) in [5.74, 6) is -1.33. The zero-order valence-electron chi connectivity index (χ0n) is 17.5. The predicted molar refractivity (Wildman–Crippen MR) is 126 cm³/mol. The number of sulfonamides is 1. The van der Waals surface area contributed by atoms with E-state index in [0.29, 0.717) is 17.8 Å². The van der Waals surface area contributed by atoms with Crippen molar-refractivity contribution in [3.8, 4) is 0 Å². The van der Waals surface area contributed by atoms with Gasteiger partial charge in [-0.3, -0.25) is 13.9 Å². The molecule has 0 saturated carbocycles. The molecule has 0 aliphatic carbocycles. The minimum atomic E-state index is -3.76. The standard InChI is InChI=1S/C21H25FIN3O4S/c1-4-24-21(28)15(2)25(13-16-5-7-17(22)8-6-16)20(27)14-26(31(3,29)30)19-11-9-18(23)10-12-19/h5-12,15H,4,13-14H2,1-3H3,(H,24,28). The second-order valence-electron chi connectivity index (χ2n) is 6.96. The van der Waals surface area contributed by atoms with Crippen LogP contribution < -0.4 is 9.62 Å². The maximum absolute atomic E-state index is 13.3. The van der Waals surface area contributed by atoms with Crippen molar-refractivity contribution < 1.29 is 22.4 Å². The lowest BCUT2D eigenvalue weighted by Crippen LogP contribution is -2.51. The molecule has 1 atom stereocenters. The van der Waals surface area contributed by atoms with Gasteiger partial charge in [-0.2, -0.15) is 0 Å². The van der Waals surface area contributed by atoms with Crippen molar-refractivity contribution in [1.29, 1.82) is 0 Å². The summed E-state index contributed by atoms with van der Waals surface area (Å²) in [6.45, 7) is 3.28. The molecule has 0 saturated heterocycles. The van der Waals surface area contributed by atoms with Crippen LogP contribution in [-0.2, 0) is 26.2 Å². The molecule has 0 aliphatic rings. The van der Waals surface area contributed by atoms with E-state index in [9.17, 15) is 22.4 Å². The molecule has 31 heavy (non-hydrogen) atoms. The molecule has 0 aliphatic heterocycles. The molecule has 0 fully saturated rings. The molecule has 7 nitrogen and oxygen atoms in total. The molecule has 0 spiro atoms. The number of nitrogens with zero attached hydrogens (tertiary/aromatic N) is 2. The summed E-state index contributed by atoms with van der Waals surface area (Å²) >= 11 is 2.10. The van der Waals surface area contributed by atoms with E-state index in [1.165, 1.54) is 29.2 Å². The Morgan fingerprint density at radius 2 is 1.68 bits per heavy atom. The summed E-state index contributed by atoms with van der Waals surface area (Å²) in [7, 11) is -3.76. The van der Waals surface area contributed by atoms with Crippen molar-refractivity contribution in [2.45, 2.75) is 26.4 Å². The molecule has 1 unspecified atom stereocenters. The number of anilines is 1. The van der Waals surface area contributed by atoms with Gasteiger partial charge in [0.1, 0.15) is 18.4 Å². The van der Waals surface area contributed by atoms with E-state index in [2.05, 4.69) is 27.9 Å². The summed E-state index contributed by atoms with van der Waals surface area (Å²) in [5.41, 5.74) is 0.967. The fourth-order valence-corrected chi connectivity index (χ4v) is 4.12. The van der Waals surface area contributed by atoms with Gasteiger partial charge in [0.2, 0.25) is 21.8 Å². The van der Waals surface area contributed by atoms with Gasteiger partial charge in [0.05, 0.1) is 11.9 Å². The van der Waals surface area contributed by atoms with Gasteiger partial charge in [-0.15, -0.1) is 0 Å². The van der Waals surface area contributed by atoms with Crippen LogP contribution in [0.25, 0.3) is 0 Å². The highest BCUT2D eigenvalue weighted by Gasteiger charge is 2.29. The molecular weight excluding hydrogens is 536 g/mol. The molecule has 0 bridgehead atoms. The molecule has 2 rings (SSSR count). The Kier molecular flexibility index (Phi) is 8.80. The Hall–Kier alpha value is -2.21. The van der Waals surface area contributed by atoms with Gasteiger partial charge in [0, 0.05) is 16.7 Å². The third-order valence-corrected chi connectivity index (χ3v) is 6.44. The number of amides is 2. The van der Waals surface area contributed by atoms with Crippen LogP contribution in [0.2, 0.25) is 0 Å². The minimum Gasteiger partial charge on any atom is -0.355 e. The van der Waals surface area contributed by atoms with Crippen LogP contribution >= 0.6 is 22.6 Å². The number of nitrogens with one attached hydrogen (secondary N) is 1. The van der Waals surface area contributed by atoms with E-state index in [1.807, 2.05) is 0 Å². The number of rotatable bonds is 9. The van der Waals surface area contributed by atoms with E-state index in [0.717, 1.165) is 14.1 Å². The Labute approximate surface area is 195 Å². The fraction of sp³-hybridized carbons (Fsp3) is 0.333. The molecule has 2 aromatic rings.